The second kappa shape index (κ2) is 9.70. The third-order valence-corrected chi connectivity index (χ3v) is 5.96. The van der Waals surface area contributed by atoms with Gasteiger partial charge in [0.15, 0.2) is 0 Å². The topological polar surface area (TPSA) is 26.7 Å². The van der Waals surface area contributed by atoms with E-state index >= 15 is 0 Å². The maximum atomic E-state index is 9.22. The molecule has 0 unspecified atom stereocenters. The Morgan fingerprint density at radius 2 is 1.67 bits per heavy atom. The smallest absolute Gasteiger partial charge is 0.0431 e. The molecule has 146 valence electrons. The Hall–Kier alpha value is -1.39. The lowest BCUT2D eigenvalue weighted by molar-refractivity contribution is 0.0717. The van der Waals surface area contributed by atoms with Crippen LogP contribution in [0.1, 0.15) is 24.8 Å². The van der Waals surface area contributed by atoms with Gasteiger partial charge in [0, 0.05) is 30.8 Å². The zero-order valence-corrected chi connectivity index (χ0v) is 17.2. The van der Waals surface area contributed by atoms with Crippen molar-refractivity contribution in [2.45, 2.75) is 31.8 Å². The summed E-state index contributed by atoms with van der Waals surface area (Å²) in [6.45, 7) is 3.54. The van der Waals surface area contributed by atoms with Crippen LogP contribution in [0.4, 0.5) is 0 Å². The second-order valence-corrected chi connectivity index (χ2v) is 8.32. The summed E-state index contributed by atoms with van der Waals surface area (Å²) >= 11 is 5.98. The third-order valence-electron chi connectivity index (χ3n) is 5.71. The molecule has 1 heterocycles. The number of rotatable bonds is 7. The normalized spacial score (nSPS) is 20.9. The van der Waals surface area contributed by atoms with Crippen molar-refractivity contribution >= 4 is 11.6 Å². The standard InChI is InChI=1S/C23H31ClN2O/c1-25(2)23-13-14-26(17-21(23)4-3-15-27)16-18-5-7-19(8-6-18)20-9-11-22(24)12-10-20/h5-12,21,23,27H,3-4,13-17H2,1-2H3/t21-,23+/m0/s1. The lowest BCUT2D eigenvalue weighted by Crippen LogP contribution is -2.48. The van der Waals surface area contributed by atoms with Gasteiger partial charge in [0.05, 0.1) is 0 Å². The van der Waals surface area contributed by atoms with Crippen LogP contribution in [-0.2, 0) is 6.54 Å². The molecule has 3 rings (SSSR count). The van der Waals surface area contributed by atoms with Crippen LogP contribution in [0, 0.1) is 5.92 Å². The first kappa shape index (κ1) is 20.3. The van der Waals surface area contributed by atoms with Crippen LogP contribution in [0.3, 0.4) is 0 Å². The van der Waals surface area contributed by atoms with Gasteiger partial charge in [0.1, 0.15) is 0 Å². The minimum atomic E-state index is 0.294. The lowest BCUT2D eigenvalue weighted by Gasteiger charge is -2.41. The van der Waals surface area contributed by atoms with Crippen molar-refractivity contribution < 1.29 is 5.11 Å². The number of aliphatic hydroxyl groups is 1. The van der Waals surface area contributed by atoms with Crippen LogP contribution in [0.2, 0.25) is 5.02 Å². The van der Waals surface area contributed by atoms with Crippen LogP contribution < -0.4 is 0 Å². The quantitative estimate of drug-likeness (QED) is 0.757. The molecule has 2 aromatic rings. The molecule has 3 nitrogen and oxygen atoms in total. The molecule has 1 saturated heterocycles. The summed E-state index contributed by atoms with van der Waals surface area (Å²) in [4.78, 5) is 4.93. The van der Waals surface area contributed by atoms with E-state index in [0.717, 1.165) is 37.5 Å². The molecule has 0 radical (unpaired) electrons. The van der Waals surface area contributed by atoms with Gasteiger partial charge in [0.25, 0.3) is 0 Å². The van der Waals surface area contributed by atoms with E-state index in [2.05, 4.69) is 60.3 Å². The van der Waals surface area contributed by atoms with Crippen molar-refractivity contribution in [2.24, 2.45) is 5.92 Å². The first-order chi connectivity index (χ1) is 13.1. The number of hydrogen-bond donors (Lipinski definition) is 1. The number of likely N-dealkylation sites (tertiary alicyclic amines) is 1. The van der Waals surface area contributed by atoms with Crippen LogP contribution in [0.15, 0.2) is 48.5 Å². The molecule has 0 aromatic heterocycles. The molecule has 1 aliphatic rings. The minimum absolute atomic E-state index is 0.294. The Labute approximate surface area is 168 Å². The summed E-state index contributed by atoms with van der Waals surface area (Å²) in [5, 5.41) is 9.99. The van der Waals surface area contributed by atoms with Crippen molar-refractivity contribution in [3.63, 3.8) is 0 Å². The number of nitrogens with zero attached hydrogens (tertiary/aromatic N) is 2. The Balaban J connectivity index is 1.62. The van der Waals surface area contributed by atoms with Gasteiger partial charge in [-0.3, -0.25) is 4.90 Å². The molecule has 27 heavy (non-hydrogen) atoms. The fourth-order valence-corrected chi connectivity index (χ4v) is 4.38. The van der Waals surface area contributed by atoms with E-state index in [1.165, 1.54) is 23.1 Å². The van der Waals surface area contributed by atoms with Crippen molar-refractivity contribution in [1.29, 1.82) is 0 Å². The zero-order valence-electron chi connectivity index (χ0n) is 16.4. The maximum Gasteiger partial charge on any atom is 0.0431 e. The van der Waals surface area contributed by atoms with Crippen LogP contribution in [0.5, 0.6) is 0 Å². The summed E-state index contributed by atoms with van der Waals surface area (Å²) in [5.41, 5.74) is 3.78. The number of hydrogen-bond acceptors (Lipinski definition) is 3. The average Bonchev–Trinajstić information content (AvgIpc) is 2.67. The molecular formula is C23H31ClN2O. The lowest BCUT2D eigenvalue weighted by atomic mass is 9.87. The number of piperidine rings is 1. The van der Waals surface area contributed by atoms with Gasteiger partial charge in [-0.25, -0.2) is 0 Å². The first-order valence-corrected chi connectivity index (χ1v) is 10.3. The monoisotopic (exact) mass is 386 g/mol. The summed E-state index contributed by atoms with van der Waals surface area (Å²) < 4.78 is 0. The molecule has 2 aromatic carbocycles. The molecule has 0 spiro atoms. The van der Waals surface area contributed by atoms with Gasteiger partial charge in [0.2, 0.25) is 0 Å². The average molecular weight is 387 g/mol. The Kier molecular flexibility index (Phi) is 7.31. The van der Waals surface area contributed by atoms with E-state index in [0.29, 0.717) is 18.6 Å². The number of halogens is 1. The fraction of sp³-hybridized carbons (Fsp3) is 0.478. The van der Waals surface area contributed by atoms with Crippen molar-refractivity contribution in [3.8, 4) is 11.1 Å². The SMILES string of the molecule is CN(C)[C@@H]1CCN(Cc2ccc(-c3ccc(Cl)cc3)cc2)C[C@@H]1CCCO. The van der Waals surface area contributed by atoms with Crippen molar-refractivity contribution in [3.05, 3.63) is 59.1 Å². The van der Waals surface area contributed by atoms with E-state index in [1.807, 2.05) is 12.1 Å². The summed E-state index contributed by atoms with van der Waals surface area (Å²) in [6.07, 6.45) is 3.20. The highest BCUT2D eigenvalue weighted by Gasteiger charge is 2.30. The van der Waals surface area contributed by atoms with Gasteiger partial charge in [-0.2, -0.15) is 0 Å². The van der Waals surface area contributed by atoms with Gasteiger partial charge in [-0.05, 0) is 74.6 Å². The van der Waals surface area contributed by atoms with Gasteiger partial charge >= 0.3 is 0 Å². The summed E-state index contributed by atoms with van der Waals surface area (Å²) in [6, 6.07) is 17.5. The third kappa shape index (κ3) is 5.55. The molecule has 4 heteroatoms. The number of aliphatic hydroxyl groups excluding tert-OH is 1. The van der Waals surface area contributed by atoms with Crippen molar-refractivity contribution in [2.75, 3.05) is 33.8 Å². The predicted molar refractivity (Wildman–Crippen MR) is 114 cm³/mol. The van der Waals surface area contributed by atoms with E-state index in [-0.39, 0.29) is 0 Å². The van der Waals surface area contributed by atoms with E-state index in [1.54, 1.807) is 0 Å². The molecule has 1 fully saturated rings. The largest absolute Gasteiger partial charge is 0.396 e. The van der Waals surface area contributed by atoms with Crippen LogP contribution in [0.25, 0.3) is 11.1 Å². The molecule has 0 bridgehead atoms. The molecule has 0 aliphatic carbocycles. The van der Waals surface area contributed by atoms with Gasteiger partial charge < -0.3 is 10.0 Å². The Morgan fingerprint density at radius 3 is 2.26 bits per heavy atom. The highest BCUT2D eigenvalue weighted by Crippen LogP contribution is 2.27. The first-order valence-electron chi connectivity index (χ1n) is 9.91. The van der Waals surface area contributed by atoms with E-state index in [9.17, 15) is 5.11 Å². The Bertz CT molecular complexity index is 699. The summed E-state index contributed by atoms with van der Waals surface area (Å²) in [7, 11) is 4.36. The zero-order chi connectivity index (χ0) is 19.2. The van der Waals surface area contributed by atoms with Crippen LogP contribution >= 0.6 is 11.6 Å². The molecule has 0 amide bonds. The maximum absolute atomic E-state index is 9.22. The fourth-order valence-electron chi connectivity index (χ4n) is 4.26. The molecular weight excluding hydrogens is 356 g/mol. The van der Waals surface area contributed by atoms with Crippen molar-refractivity contribution in [1.82, 2.24) is 9.80 Å². The van der Waals surface area contributed by atoms with E-state index < -0.39 is 0 Å². The second-order valence-electron chi connectivity index (χ2n) is 7.88. The van der Waals surface area contributed by atoms with Gasteiger partial charge in [-0.15, -0.1) is 0 Å². The Morgan fingerprint density at radius 1 is 1.04 bits per heavy atom. The van der Waals surface area contributed by atoms with Crippen LogP contribution in [-0.4, -0.2) is 54.7 Å². The van der Waals surface area contributed by atoms with Gasteiger partial charge in [-0.1, -0.05) is 48.0 Å². The highest BCUT2D eigenvalue weighted by molar-refractivity contribution is 6.30. The molecule has 2 atom stereocenters. The predicted octanol–water partition coefficient (Wildman–Crippen LogP) is 4.53. The number of benzene rings is 2. The minimum Gasteiger partial charge on any atom is -0.396 e. The highest BCUT2D eigenvalue weighted by atomic mass is 35.5. The molecule has 0 saturated carbocycles. The molecule has 1 N–H and O–H groups in total. The van der Waals surface area contributed by atoms with E-state index in [4.69, 9.17) is 11.6 Å². The summed E-state index contributed by atoms with van der Waals surface area (Å²) in [5.74, 6) is 0.634. The molecule has 1 aliphatic heterocycles.